The van der Waals surface area contributed by atoms with E-state index >= 15 is 0 Å². The van der Waals surface area contributed by atoms with Crippen LogP contribution in [-0.2, 0) is 4.79 Å². The predicted molar refractivity (Wildman–Crippen MR) is 76.2 cm³/mol. The summed E-state index contributed by atoms with van der Waals surface area (Å²) in [4.78, 5) is 14.3. The summed E-state index contributed by atoms with van der Waals surface area (Å²) in [6.07, 6.45) is 4.39. The number of carbonyl (C=O) groups excluding carboxylic acids is 1. The second kappa shape index (κ2) is 7.27. The predicted octanol–water partition coefficient (Wildman–Crippen LogP) is 3.39. The first kappa shape index (κ1) is 14.8. The molecule has 1 saturated heterocycles. The van der Waals surface area contributed by atoms with Gasteiger partial charge >= 0.3 is 0 Å². The number of hydrogen-bond acceptors (Lipinski definition) is 2. The molecule has 20 heavy (non-hydrogen) atoms. The Morgan fingerprint density at radius 2 is 1.90 bits per heavy atom. The number of ether oxygens (including phenoxy) is 1. The first-order valence-corrected chi connectivity index (χ1v) is 7.42. The molecule has 1 aliphatic heterocycles. The number of carbonyl (C=O) groups is 1. The summed E-state index contributed by atoms with van der Waals surface area (Å²) in [6, 6.07) is 6.23. The lowest BCUT2D eigenvalue weighted by Crippen LogP contribution is -2.42. The molecule has 1 atom stereocenters. The van der Waals surface area contributed by atoms with E-state index in [4.69, 9.17) is 4.74 Å². The third kappa shape index (κ3) is 3.71. The number of rotatable bonds is 4. The van der Waals surface area contributed by atoms with Crippen molar-refractivity contribution in [3.8, 4) is 5.75 Å². The lowest BCUT2D eigenvalue weighted by molar-refractivity contribution is -0.138. The fourth-order valence-corrected chi connectivity index (χ4v) is 2.50. The van der Waals surface area contributed by atoms with Crippen molar-refractivity contribution in [2.24, 2.45) is 0 Å². The maximum absolute atomic E-state index is 13.6. The highest BCUT2D eigenvalue weighted by atomic mass is 19.1. The van der Waals surface area contributed by atoms with Crippen molar-refractivity contribution in [1.29, 1.82) is 0 Å². The van der Waals surface area contributed by atoms with Gasteiger partial charge in [-0.1, -0.05) is 31.9 Å². The van der Waals surface area contributed by atoms with Gasteiger partial charge in [0.15, 0.2) is 17.7 Å². The number of hydrogen-bond donors (Lipinski definition) is 0. The SMILES string of the molecule is CC[C@H](Oc1ccccc1F)C(=O)N1CCCCCC1. The largest absolute Gasteiger partial charge is 0.478 e. The van der Waals surface area contributed by atoms with Gasteiger partial charge in [-0.2, -0.15) is 0 Å². The summed E-state index contributed by atoms with van der Waals surface area (Å²) in [7, 11) is 0. The van der Waals surface area contributed by atoms with E-state index in [1.807, 2.05) is 11.8 Å². The smallest absolute Gasteiger partial charge is 0.263 e. The molecular weight excluding hydrogens is 257 g/mol. The van der Waals surface area contributed by atoms with Crippen LogP contribution in [0.3, 0.4) is 0 Å². The lowest BCUT2D eigenvalue weighted by atomic mass is 10.2. The van der Waals surface area contributed by atoms with Crippen LogP contribution in [0.25, 0.3) is 0 Å². The highest BCUT2D eigenvalue weighted by Crippen LogP contribution is 2.20. The van der Waals surface area contributed by atoms with Gasteiger partial charge in [-0.15, -0.1) is 0 Å². The Kier molecular flexibility index (Phi) is 5.39. The van der Waals surface area contributed by atoms with Gasteiger partial charge < -0.3 is 9.64 Å². The van der Waals surface area contributed by atoms with Crippen molar-refractivity contribution in [3.63, 3.8) is 0 Å². The fraction of sp³-hybridized carbons (Fsp3) is 0.562. The first-order chi connectivity index (χ1) is 9.72. The summed E-state index contributed by atoms with van der Waals surface area (Å²) in [5.41, 5.74) is 0. The number of halogens is 1. The van der Waals surface area contributed by atoms with Crippen LogP contribution in [0.2, 0.25) is 0 Å². The van der Waals surface area contributed by atoms with Crippen LogP contribution in [0.1, 0.15) is 39.0 Å². The Balaban J connectivity index is 2.03. The maximum Gasteiger partial charge on any atom is 0.263 e. The van der Waals surface area contributed by atoms with Crippen molar-refractivity contribution in [1.82, 2.24) is 4.90 Å². The van der Waals surface area contributed by atoms with Gasteiger partial charge in [0.1, 0.15) is 0 Å². The van der Waals surface area contributed by atoms with Crippen LogP contribution in [-0.4, -0.2) is 30.0 Å². The van der Waals surface area contributed by atoms with E-state index in [1.54, 1.807) is 18.2 Å². The molecule has 1 amide bonds. The van der Waals surface area contributed by atoms with Crippen LogP contribution in [0.4, 0.5) is 4.39 Å². The minimum absolute atomic E-state index is 0.0161. The molecule has 0 aliphatic carbocycles. The van der Waals surface area contributed by atoms with E-state index in [-0.39, 0.29) is 11.7 Å². The second-order valence-corrected chi connectivity index (χ2v) is 5.18. The zero-order chi connectivity index (χ0) is 14.4. The van der Waals surface area contributed by atoms with Gasteiger partial charge in [-0.25, -0.2) is 4.39 Å². The molecule has 1 heterocycles. The maximum atomic E-state index is 13.6. The molecule has 0 saturated carbocycles. The lowest BCUT2D eigenvalue weighted by Gasteiger charge is -2.26. The first-order valence-electron chi connectivity index (χ1n) is 7.42. The monoisotopic (exact) mass is 279 g/mol. The van der Waals surface area contributed by atoms with Crippen LogP contribution in [0.15, 0.2) is 24.3 Å². The molecule has 0 unspecified atom stereocenters. The fourth-order valence-electron chi connectivity index (χ4n) is 2.50. The van der Waals surface area contributed by atoms with Crippen molar-refractivity contribution in [2.45, 2.75) is 45.1 Å². The normalized spacial score (nSPS) is 17.4. The van der Waals surface area contributed by atoms with Crippen molar-refractivity contribution in [2.75, 3.05) is 13.1 Å². The molecular formula is C16H22FNO2. The number of likely N-dealkylation sites (tertiary alicyclic amines) is 1. The minimum Gasteiger partial charge on any atom is -0.478 e. The molecule has 2 rings (SSSR count). The molecule has 0 aromatic heterocycles. The average Bonchev–Trinajstić information content (AvgIpc) is 2.75. The molecule has 4 heteroatoms. The zero-order valence-corrected chi connectivity index (χ0v) is 12.0. The van der Waals surface area contributed by atoms with Gasteiger partial charge in [0.2, 0.25) is 0 Å². The van der Waals surface area contributed by atoms with Crippen molar-refractivity contribution >= 4 is 5.91 Å². The Bertz CT molecular complexity index is 442. The Hall–Kier alpha value is -1.58. The molecule has 3 nitrogen and oxygen atoms in total. The molecule has 110 valence electrons. The van der Waals surface area contributed by atoms with E-state index in [9.17, 15) is 9.18 Å². The van der Waals surface area contributed by atoms with Gasteiger partial charge in [0.25, 0.3) is 5.91 Å². The Morgan fingerprint density at radius 3 is 2.50 bits per heavy atom. The van der Waals surface area contributed by atoms with Gasteiger partial charge in [-0.05, 0) is 31.4 Å². The molecule has 0 radical (unpaired) electrons. The highest BCUT2D eigenvalue weighted by molar-refractivity contribution is 5.81. The van der Waals surface area contributed by atoms with E-state index in [0.717, 1.165) is 25.9 Å². The number of para-hydroxylation sites is 1. The van der Waals surface area contributed by atoms with Gasteiger partial charge in [0, 0.05) is 13.1 Å². The zero-order valence-electron chi connectivity index (χ0n) is 12.0. The molecule has 0 spiro atoms. The molecule has 0 N–H and O–H groups in total. The molecule has 1 aromatic carbocycles. The topological polar surface area (TPSA) is 29.5 Å². The van der Waals surface area contributed by atoms with Crippen LogP contribution >= 0.6 is 0 Å². The Morgan fingerprint density at radius 1 is 1.25 bits per heavy atom. The summed E-state index contributed by atoms with van der Waals surface area (Å²) in [5, 5.41) is 0. The molecule has 1 aromatic rings. The van der Waals surface area contributed by atoms with E-state index in [0.29, 0.717) is 6.42 Å². The quantitative estimate of drug-likeness (QED) is 0.845. The van der Waals surface area contributed by atoms with Gasteiger partial charge in [-0.3, -0.25) is 4.79 Å². The average molecular weight is 279 g/mol. The summed E-state index contributed by atoms with van der Waals surface area (Å²) < 4.78 is 19.2. The number of nitrogens with zero attached hydrogens (tertiary/aromatic N) is 1. The van der Waals surface area contributed by atoms with E-state index in [1.165, 1.54) is 18.9 Å². The molecule has 0 bridgehead atoms. The molecule has 1 fully saturated rings. The summed E-state index contributed by atoms with van der Waals surface area (Å²) in [5.74, 6) is -0.283. The van der Waals surface area contributed by atoms with Crippen LogP contribution in [0.5, 0.6) is 5.75 Å². The second-order valence-electron chi connectivity index (χ2n) is 5.18. The van der Waals surface area contributed by atoms with Crippen LogP contribution in [0, 0.1) is 5.82 Å². The van der Waals surface area contributed by atoms with E-state index in [2.05, 4.69) is 0 Å². The van der Waals surface area contributed by atoms with Crippen molar-refractivity contribution < 1.29 is 13.9 Å². The molecule has 1 aliphatic rings. The van der Waals surface area contributed by atoms with Gasteiger partial charge in [0.05, 0.1) is 0 Å². The number of benzene rings is 1. The highest BCUT2D eigenvalue weighted by Gasteiger charge is 2.25. The third-order valence-electron chi connectivity index (χ3n) is 3.67. The third-order valence-corrected chi connectivity index (χ3v) is 3.67. The van der Waals surface area contributed by atoms with Crippen LogP contribution < -0.4 is 4.74 Å². The summed E-state index contributed by atoms with van der Waals surface area (Å²) >= 11 is 0. The minimum atomic E-state index is -0.593. The standard InChI is InChI=1S/C16H22FNO2/c1-2-14(20-15-10-6-5-9-13(15)17)16(19)18-11-7-3-4-8-12-18/h5-6,9-10,14H,2-4,7-8,11-12H2,1H3/t14-/m0/s1. The van der Waals surface area contributed by atoms with Crippen molar-refractivity contribution in [3.05, 3.63) is 30.1 Å². The Labute approximate surface area is 119 Å². The van der Waals surface area contributed by atoms with E-state index < -0.39 is 11.9 Å². The summed E-state index contributed by atoms with van der Waals surface area (Å²) in [6.45, 7) is 3.47. The number of amides is 1.